The number of aryl methyl sites for hydroxylation is 1. The number of Topliss-reactive ketones (excluding diaryl/α,β-unsaturated/α-hetero) is 1. The standard InChI is InChI=1S/C26H35N3O3/c1-19-14-24(20(2)29(19)17-23-4-3-12-31-23)25(30)18-28-10-8-27(9-11-28)16-21-5-6-26-22(15-21)7-13-32-26/h5-6,14-15,23H,3-4,7-13,16-18H2,1-2H3/t23-/m0/s1. The zero-order valence-corrected chi connectivity index (χ0v) is 19.4. The average molecular weight is 438 g/mol. The minimum Gasteiger partial charge on any atom is -0.493 e. The topological polar surface area (TPSA) is 46.9 Å². The van der Waals surface area contributed by atoms with Gasteiger partial charge in [0.25, 0.3) is 0 Å². The Kier molecular flexibility index (Phi) is 6.35. The van der Waals surface area contributed by atoms with Crippen LogP contribution in [0.4, 0.5) is 0 Å². The molecule has 0 aliphatic carbocycles. The van der Waals surface area contributed by atoms with Crippen LogP contribution >= 0.6 is 0 Å². The molecular weight excluding hydrogens is 402 g/mol. The van der Waals surface area contributed by atoms with Gasteiger partial charge in [-0.05, 0) is 49.9 Å². The van der Waals surface area contributed by atoms with Crippen LogP contribution < -0.4 is 4.74 Å². The normalized spacial score (nSPS) is 21.6. The van der Waals surface area contributed by atoms with E-state index in [0.29, 0.717) is 6.54 Å². The van der Waals surface area contributed by atoms with E-state index in [0.717, 1.165) is 94.4 Å². The summed E-state index contributed by atoms with van der Waals surface area (Å²) in [5.74, 6) is 1.29. The Morgan fingerprint density at radius 1 is 1.06 bits per heavy atom. The molecule has 0 bridgehead atoms. The number of ketones is 1. The van der Waals surface area contributed by atoms with Crippen molar-refractivity contribution in [3.05, 3.63) is 52.3 Å². The van der Waals surface area contributed by atoms with Crippen molar-refractivity contribution in [1.82, 2.24) is 14.4 Å². The van der Waals surface area contributed by atoms with Crippen LogP contribution in [-0.2, 0) is 24.2 Å². The SMILES string of the molecule is Cc1cc(C(=O)CN2CCN(Cc3ccc4c(c3)CCO4)CC2)c(C)n1C[C@@H]1CCCO1. The summed E-state index contributed by atoms with van der Waals surface area (Å²) in [6.07, 6.45) is 3.56. The van der Waals surface area contributed by atoms with Crippen LogP contribution in [0.1, 0.15) is 45.7 Å². The van der Waals surface area contributed by atoms with Gasteiger partial charge in [-0.2, -0.15) is 0 Å². The maximum absolute atomic E-state index is 13.1. The molecule has 172 valence electrons. The van der Waals surface area contributed by atoms with E-state index in [1.807, 2.05) is 0 Å². The van der Waals surface area contributed by atoms with Crippen molar-refractivity contribution in [2.75, 3.05) is 45.9 Å². The fourth-order valence-corrected chi connectivity index (χ4v) is 5.35. The van der Waals surface area contributed by atoms with Crippen LogP contribution in [0.3, 0.4) is 0 Å². The Morgan fingerprint density at radius 3 is 2.66 bits per heavy atom. The van der Waals surface area contributed by atoms with E-state index in [9.17, 15) is 4.79 Å². The molecule has 5 rings (SSSR count). The Morgan fingerprint density at radius 2 is 1.88 bits per heavy atom. The maximum atomic E-state index is 13.1. The van der Waals surface area contributed by atoms with Gasteiger partial charge < -0.3 is 14.0 Å². The molecule has 1 aromatic heterocycles. The molecule has 2 aromatic rings. The van der Waals surface area contributed by atoms with E-state index < -0.39 is 0 Å². The molecule has 0 saturated carbocycles. The average Bonchev–Trinajstić information content (AvgIpc) is 3.53. The Bertz CT molecular complexity index is 969. The highest BCUT2D eigenvalue weighted by Crippen LogP contribution is 2.26. The number of fused-ring (bicyclic) bond motifs is 1. The highest BCUT2D eigenvalue weighted by atomic mass is 16.5. The van der Waals surface area contributed by atoms with Crippen molar-refractivity contribution in [3.8, 4) is 5.75 Å². The van der Waals surface area contributed by atoms with Crippen molar-refractivity contribution >= 4 is 5.78 Å². The number of ether oxygens (including phenoxy) is 2. The quantitative estimate of drug-likeness (QED) is 0.623. The van der Waals surface area contributed by atoms with Gasteiger partial charge in [0.05, 0.1) is 19.3 Å². The number of carbonyl (C=O) groups excluding carboxylic acids is 1. The summed E-state index contributed by atoms with van der Waals surface area (Å²) in [7, 11) is 0. The molecule has 1 atom stereocenters. The minimum absolute atomic E-state index is 0.240. The van der Waals surface area contributed by atoms with Gasteiger partial charge in [0.1, 0.15) is 5.75 Å². The Labute approximate surface area is 191 Å². The monoisotopic (exact) mass is 437 g/mol. The Balaban J connectivity index is 1.14. The second-order valence-corrected chi connectivity index (χ2v) is 9.55. The summed E-state index contributed by atoms with van der Waals surface area (Å²) in [5, 5.41) is 0. The van der Waals surface area contributed by atoms with Crippen LogP contribution in [0.25, 0.3) is 0 Å². The zero-order valence-electron chi connectivity index (χ0n) is 19.4. The van der Waals surface area contributed by atoms with E-state index in [4.69, 9.17) is 9.47 Å². The number of rotatable bonds is 7. The summed E-state index contributed by atoms with van der Waals surface area (Å²) in [4.78, 5) is 17.9. The third-order valence-corrected chi connectivity index (χ3v) is 7.28. The molecule has 6 heteroatoms. The summed E-state index contributed by atoms with van der Waals surface area (Å²) in [6, 6.07) is 8.67. The smallest absolute Gasteiger partial charge is 0.178 e. The van der Waals surface area contributed by atoms with Gasteiger partial charge in [-0.25, -0.2) is 0 Å². The van der Waals surface area contributed by atoms with Crippen molar-refractivity contribution in [2.24, 2.45) is 0 Å². The van der Waals surface area contributed by atoms with Gasteiger partial charge >= 0.3 is 0 Å². The predicted octanol–water partition coefficient (Wildman–Crippen LogP) is 3.22. The van der Waals surface area contributed by atoms with Crippen LogP contribution in [-0.4, -0.2) is 72.2 Å². The van der Waals surface area contributed by atoms with Crippen molar-refractivity contribution in [3.63, 3.8) is 0 Å². The van der Waals surface area contributed by atoms with Gasteiger partial charge in [-0.3, -0.25) is 14.6 Å². The first kappa shape index (κ1) is 21.7. The molecule has 4 heterocycles. The van der Waals surface area contributed by atoms with Gasteiger partial charge in [-0.1, -0.05) is 12.1 Å². The molecule has 6 nitrogen and oxygen atoms in total. The molecular formula is C26H35N3O3. The zero-order chi connectivity index (χ0) is 22.1. The number of aromatic nitrogens is 1. The number of nitrogens with zero attached hydrogens (tertiary/aromatic N) is 3. The molecule has 0 spiro atoms. The molecule has 0 radical (unpaired) electrons. The molecule has 0 amide bonds. The second-order valence-electron chi connectivity index (χ2n) is 9.55. The summed E-state index contributed by atoms with van der Waals surface area (Å²) in [6.45, 7) is 12.1. The molecule has 2 fully saturated rings. The first-order valence-corrected chi connectivity index (χ1v) is 12.1. The third-order valence-electron chi connectivity index (χ3n) is 7.28. The molecule has 2 saturated heterocycles. The lowest BCUT2D eigenvalue weighted by molar-refractivity contribution is 0.0841. The Hall–Kier alpha value is -2.15. The van der Waals surface area contributed by atoms with Crippen LogP contribution in [0.2, 0.25) is 0 Å². The van der Waals surface area contributed by atoms with Crippen LogP contribution in [0, 0.1) is 13.8 Å². The predicted molar refractivity (Wildman–Crippen MR) is 125 cm³/mol. The second kappa shape index (κ2) is 9.38. The third kappa shape index (κ3) is 4.63. The number of hydrogen-bond donors (Lipinski definition) is 0. The van der Waals surface area contributed by atoms with Crippen LogP contribution in [0.15, 0.2) is 24.3 Å². The largest absolute Gasteiger partial charge is 0.493 e. The molecule has 1 aromatic carbocycles. The summed E-state index contributed by atoms with van der Waals surface area (Å²) < 4.78 is 13.7. The van der Waals surface area contributed by atoms with Gasteiger partial charge in [-0.15, -0.1) is 0 Å². The van der Waals surface area contributed by atoms with Crippen molar-refractivity contribution < 1.29 is 14.3 Å². The summed E-state index contributed by atoms with van der Waals surface area (Å²) >= 11 is 0. The number of hydrogen-bond acceptors (Lipinski definition) is 5. The van der Waals surface area contributed by atoms with Gasteiger partial charge in [0.2, 0.25) is 0 Å². The number of piperazine rings is 1. The first-order chi connectivity index (χ1) is 15.6. The lowest BCUT2D eigenvalue weighted by Crippen LogP contribution is -2.47. The van der Waals surface area contributed by atoms with E-state index in [1.54, 1.807) is 0 Å². The fourth-order valence-electron chi connectivity index (χ4n) is 5.35. The van der Waals surface area contributed by atoms with E-state index in [-0.39, 0.29) is 11.9 Å². The molecule has 3 aliphatic heterocycles. The molecule has 3 aliphatic rings. The minimum atomic E-state index is 0.240. The van der Waals surface area contributed by atoms with Crippen LogP contribution in [0.5, 0.6) is 5.75 Å². The summed E-state index contributed by atoms with van der Waals surface area (Å²) in [5.41, 5.74) is 5.82. The van der Waals surface area contributed by atoms with E-state index in [1.165, 1.54) is 11.1 Å². The molecule has 0 N–H and O–H groups in total. The van der Waals surface area contributed by atoms with Gasteiger partial charge in [0.15, 0.2) is 5.78 Å². The highest BCUT2D eigenvalue weighted by Gasteiger charge is 2.24. The van der Waals surface area contributed by atoms with Crippen molar-refractivity contribution in [1.29, 1.82) is 0 Å². The highest BCUT2D eigenvalue weighted by molar-refractivity contribution is 5.99. The number of benzene rings is 1. The van der Waals surface area contributed by atoms with E-state index in [2.05, 4.69) is 52.5 Å². The maximum Gasteiger partial charge on any atom is 0.178 e. The molecule has 0 unspecified atom stereocenters. The van der Waals surface area contributed by atoms with E-state index >= 15 is 0 Å². The van der Waals surface area contributed by atoms with Gasteiger partial charge in [0, 0.05) is 69.2 Å². The fraction of sp³-hybridized carbons (Fsp3) is 0.577. The lowest BCUT2D eigenvalue weighted by Gasteiger charge is -2.34. The lowest BCUT2D eigenvalue weighted by atomic mass is 10.1. The number of carbonyl (C=O) groups is 1. The first-order valence-electron chi connectivity index (χ1n) is 12.1. The molecule has 32 heavy (non-hydrogen) atoms. The van der Waals surface area contributed by atoms with Crippen molar-refractivity contribution in [2.45, 2.75) is 52.3 Å².